The van der Waals surface area contributed by atoms with Crippen LogP contribution < -0.4 is 4.74 Å². The van der Waals surface area contributed by atoms with E-state index in [1.807, 2.05) is 25.1 Å². The number of hydrogen-bond acceptors (Lipinski definition) is 4. The molecule has 3 rings (SSSR count). The van der Waals surface area contributed by atoms with E-state index in [1.165, 1.54) is 0 Å². The average Bonchev–Trinajstić information content (AvgIpc) is 3.16. The van der Waals surface area contributed by atoms with Gasteiger partial charge in [0.1, 0.15) is 5.75 Å². The number of methoxy groups -OCH3 is 1. The Morgan fingerprint density at radius 1 is 1.45 bits per heavy atom. The third kappa shape index (κ3) is 2.03. The highest BCUT2D eigenvalue weighted by Crippen LogP contribution is 2.42. The van der Waals surface area contributed by atoms with Crippen LogP contribution in [0.1, 0.15) is 40.5 Å². The number of carboxylic acids is 1. The van der Waals surface area contributed by atoms with Crippen LogP contribution in [0.3, 0.4) is 0 Å². The van der Waals surface area contributed by atoms with Crippen LogP contribution >= 0.6 is 0 Å². The Bertz CT molecular complexity index is 674. The number of aryl methyl sites for hydroxylation is 1. The van der Waals surface area contributed by atoms with Gasteiger partial charge in [-0.25, -0.2) is 9.48 Å². The third-order valence-corrected chi connectivity index (χ3v) is 3.49. The molecule has 1 fully saturated rings. The number of aromatic nitrogens is 3. The Labute approximate surface area is 116 Å². The molecular formula is C14H15N3O3. The summed E-state index contributed by atoms with van der Waals surface area (Å²) in [5.74, 6) is 0.0159. The van der Waals surface area contributed by atoms with Crippen molar-refractivity contribution < 1.29 is 14.6 Å². The maximum atomic E-state index is 11.2. The number of nitrogens with zero attached hydrogens (tertiary/aromatic N) is 3. The molecule has 2 aromatic rings. The van der Waals surface area contributed by atoms with Crippen molar-refractivity contribution in [1.29, 1.82) is 0 Å². The number of hydrogen-bond donors (Lipinski definition) is 1. The van der Waals surface area contributed by atoms with Crippen LogP contribution in [0.25, 0.3) is 5.69 Å². The molecule has 0 aliphatic heterocycles. The van der Waals surface area contributed by atoms with Gasteiger partial charge < -0.3 is 9.84 Å². The minimum Gasteiger partial charge on any atom is -0.496 e. The van der Waals surface area contributed by atoms with Gasteiger partial charge in [0, 0.05) is 5.92 Å². The van der Waals surface area contributed by atoms with E-state index in [-0.39, 0.29) is 11.6 Å². The molecule has 0 saturated heterocycles. The predicted molar refractivity (Wildman–Crippen MR) is 71.6 cm³/mol. The lowest BCUT2D eigenvalue weighted by Gasteiger charge is -2.09. The SMILES string of the molecule is COc1ccc(-n2nnc(C(=O)O)c2C2CC2)cc1C. The molecule has 0 bridgehead atoms. The maximum Gasteiger partial charge on any atom is 0.358 e. The van der Waals surface area contributed by atoms with E-state index in [0.29, 0.717) is 5.69 Å². The molecule has 0 unspecified atom stereocenters. The van der Waals surface area contributed by atoms with Crippen LogP contribution in [0.15, 0.2) is 18.2 Å². The van der Waals surface area contributed by atoms with Gasteiger partial charge in [0.25, 0.3) is 0 Å². The first-order valence-electron chi connectivity index (χ1n) is 6.45. The molecular weight excluding hydrogens is 258 g/mol. The summed E-state index contributed by atoms with van der Waals surface area (Å²) in [5.41, 5.74) is 2.53. The molecule has 1 aromatic carbocycles. The highest BCUT2D eigenvalue weighted by Gasteiger charge is 2.34. The van der Waals surface area contributed by atoms with Crippen molar-refractivity contribution >= 4 is 5.97 Å². The lowest BCUT2D eigenvalue weighted by Crippen LogP contribution is -2.06. The van der Waals surface area contributed by atoms with Gasteiger partial charge in [-0.05, 0) is 43.5 Å². The van der Waals surface area contributed by atoms with Crippen molar-refractivity contribution in [1.82, 2.24) is 15.0 Å². The molecule has 0 amide bonds. The van der Waals surface area contributed by atoms with Gasteiger partial charge in [0.2, 0.25) is 0 Å². The van der Waals surface area contributed by atoms with Crippen molar-refractivity contribution in [2.45, 2.75) is 25.7 Å². The highest BCUT2D eigenvalue weighted by molar-refractivity contribution is 5.87. The fraction of sp³-hybridized carbons (Fsp3) is 0.357. The molecule has 1 heterocycles. The monoisotopic (exact) mass is 273 g/mol. The lowest BCUT2D eigenvalue weighted by atomic mass is 10.1. The molecule has 0 spiro atoms. The Morgan fingerprint density at radius 2 is 2.20 bits per heavy atom. The predicted octanol–water partition coefficient (Wildman–Crippen LogP) is 2.16. The summed E-state index contributed by atoms with van der Waals surface area (Å²) in [6, 6.07) is 5.63. The molecule has 1 N–H and O–H groups in total. The Kier molecular flexibility index (Phi) is 2.93. The normalized spacial score (nSPS) is 14.3. The Morgan fingerprint density at radius 3 is 2.75 bits per heavy atom. The smallest absolute Gasteiger partial charge is 0.358 e. The molecule has 6 nitrogen and oxygen atoms in total. The fourth-order valence-corrected chi connectivity index (χ4v) is 2.35. The van der Waals surface area contributed by atoms with Crippen LogP contribution in [0.4, 0.5) is 0 Å². The number of carbonyl (C=O) groups is 1. The molecule has 1 saturated carbocycles. The van der Waals surface area contributed by atoms with Gasteiger partial charge in [-0.2, -0.15) is 0 Å². The number of carboxylic acid groups (broad SMARTS) is 1. The lowest BCUT2D eigenvalue weighted by molar-refractivity contribution is 0.0689. The average molecular weight is 273 g/mol. The highest BCUT2D eigenvalue weighted by atomic mass is 16.5. The van der Waals surface area contributed by atoms with E-state index in [2.05, 4.69) is 10.3 Å². The second-order valence-electron chi connectivity index (χ2n) is 4.97. The molecule has 0 radical (unpaired) electrons. The summed E-state index contributed by atoms with van der Waals surface area (Å²) < 4.78 is 6.86. The van der Waals surface area contributed by atoms with Crippen LogP contribution in [0.5, 0.6) is 5.75 Å². The van der Waals surface area contributed by atoms with E-state index in [1.54, 1.807) is 11.8 Å². The molecule has 104 valence electrons. The fourth-order valence-electron chi connectivity index (χ4n) is 2.35. The zero-order valence-corrected chi connectivity index (χ0v) is 11.3. The van der Waals surface area contributed by atoms with E-state index >= 15 is 0 Å². The molecule has 1 aromatic heterocycles. The van der Waals surface area contributed by atoms with E-state index in [9.17, 15) is 9.90 Å². The number of rotatable bonds is 4. The first kappa shape index (κ1) is 12.7. The van der Waals surface area contributed by atoms with Gasteiger partial charge in [0.05, 0.1) is 18.5 Å². The van der Waals surface area contributed by atoms with Crippen LogP contribution in [-0.2, 0) is 0 Å². The summed E-state index contributed by atoms with van der Waals surface area (Å²) in [5, 5.41) is 17.0. The Hall–Kier alpha value is -2.37. The van der Waals surface area contributed by atoms with E-state index in [0.717, 1.165) is 29.8 Å². The van der Waals surface area contributed by atoms with Crippen molar-refractivity contribution in [3.05, 3.63) is 35.2 Å². The van der Waals surface area contributed by atoms with Crippen molar-refractivity contribution in [3.8, 4) is 11.4 Å². The molecule has 6 heteroatoms. The second kappa shape index (κ2) is 4.63. The minimum atomic E-state index is -1.02. The molecule has 1 aliphatic rings. The third-order valence-electron chi connectivity index (χ3n) is 3.49. The van der Waals surface area contributed by atoms with E-state index < -0.39 is 5.97 Å². The summed E-state index contributed by atoms with van der Waals surface area (Å²) in [4.78, 5) is 11.2. The van der Waals surface area contributed by atoms with E-state index in [4.69, 9.17) is 4.74 Å². The summed E-state index contributed by atoms with van der Waals surface area (Å²) in [6.45, 7) is 1.94. The zero-order chi connectivity index (χ0) is 14.3. The van der Waals surface area contributed by atoms with Crippen LogP contribution in [0, 0.1) is 6.92 Å². The first-order chi connectivity index (χ1) is 9.61. The molecule has 0 atom stereocenters. The van der Waals surface area contributed by atoms with Gasteiger partial charge in [0.15, 0.2) is 5.69 Å². The Balaban J connectivity index is 2.10. The topological polar surface area (TPSA) is 77.2 Å². The zero-order valence-electron chi connectivity index (χ0n) is 11.3. The summed E-state index contributed by atoms with van der Waals surface area (Å²) in [6.07, 6.45) is 1.98. The van der Waals surface area contributed by atoms with Gasteiger partial charge >= 0.3 is 5.97 Å². The van der Waals surface area contributed by atoms with Crippen LogP contribution in [-0.4, -0.2) is 33.2 Å². The number of ether oxygens (including phenoxy) is 1. The quantitative estimate of drug-likeness (QED) is 0.923. The van der Waals surface area contributed by atoms with Crippen LogP contribution in [0.2, 0.25) is 0 Å². The maximum absolute atomic E-state index is 11.2. The van der Waals surface area contributed by atoms with Crippen molar-refractivity contribution in [2.24, 2.45) is 0 Å². The molecule has 1 aliphatic carbocycles. The molecule has 20 heavy (non-hydrogen) atoms. The van der Waals surface area contributed by atoms with Gasteiger partial charge in [-0.15, -0.1) is 5.10 Å². The van der Waals surface area contributed by atoms with Crippen molar-refractivity contribution in [3.63, 3.8) is 0 Å². The first-order valence-corrected chi connectivity index (χ1v) is 6.45. The summed E-state index contributed by atoms with van der Waals surface area (Å²) in [7, 11) is 1.62. The number of benzene rings is 1. The summed E-state index contributed by atoms with van der Waals surface area (Å²) >= 11 is 0. The standard InChI is InChI=1S/C14H15N3O3/c1-8-7-10(5-6-11(8)20-2)17-13(9-3-4-9)12(14(18)19)15-16-17/h5-7,9H,3-4H2,1-2H3,(H,18,19). The largest absolute Gasteiger partial charge is 0.496 e. The minimum absolute atomic E-state index is 0.0565. The number of aromatic carboxylic acids is 1. The van der Waals surface area contributed by atoms with Gasteiger partial charge in [-0.3, -0.25) is 0 Å². The van der Waals surface area contributed by atoms with Gasteiger partial charge in [-0.1, -0.05) is 5.21 Å². The second-order valence-corrected chi connectivity index (χ2v) is 4.97. The van der Waals surface area contributed by atoms with Crippen molar-refractivity contribution in [2.75, 3.05) is 7.11 Å².